The number of hydrogen-bond donors (Lipinski definition) is 0. The van der Waals surface area contributed by atoms with Crippen LogP contribution in [0.5, 0.6) is 0 Å². The molecule has 0 aliphatic rings. The fourth-order valence-electron chi connectivity index (χ4n) is 0.634. The zero-order valence-electron chi connectivity index (χ0n) is 6.88. The maximum Gasteiger partial charge on any atom is 0.0991 e. The SMILES string of the molecule is C=C/C=C(C#N)\C=C/CCC. The Labute approximate surface area is 68.3 Å². The van der Waals surface area contributed by atoms with Crippen molar-refractivity contribution in [3.05, 3.63) is 36.5 Å². The average Bonchev–Trinajstić information content (AvgIpc) is 2.03. The van der Waals surface area contributed by atoms with Crippen LogP contribution in [-0.2, 0) is 0 Å². The highest BCUT2D eigenvalue weighted by atomic mass is 14.2. The molecule has 0 radical (unpaired) electrons. The maximum atomic E-state index is 8.54. The van der Waals surface area contributed by atoms with Crippen molar-refractivity contribution in [2.75, 3.05) is 0 Å². The minimum absolute atomic E-state index is 0.661. The van der Waals surface area contributed by atoms with Gasteiger partial charge in [0.15, 0.2) is 0 Å². The van der Waals surface area contributed by atoms with Gasteiger partial charge in [-0.15, -0.1) is 0 Å². The molecular formula is C10H13N. The van der Waals surface area contributed by atoms with Gasteiger partial charge in [-0.25, -0.2) is 0 Å². The van der Waals surface area contributed by atoms with E-state index in [-0.39, 0.29) is 0 Å². The summed E-state index contributed by atoms with van der Waals surface area (Å²) in [7, 11) is 0. The predicted octanol–water partition coefficient (Wildman–Crippen LogP) is 2.98. The molecule has 0 saturated carbocycles. The van der Waals surface area contributed by atoms with E-state index in [1.54, 1.807) is 12.2 Å². The molecule has 0 spiro atoms. The smallest absolute Gasteiger partial charge is 0.0991 e. The van der Waals surface area contributed by atoms with Crippen LogP contribution in [0.4, 0.5) is 0 Å². The van der Waals surface area contributed by atoms with Gasteiger partial charge in [-0.1, -0.05) is 32.1 Å². The second-order valence-corrected chi connectivity index (χ2v) is 2.16. The lowest BCUT2D eigenvalue weighted by atomic mass is 10.2. The fraction of sp³-hybridized carbons (Fsp3) is 0.300. The number of nitrogens with zero attached hydrogens (tertiary/aromatic N) is 1. The average molecular weight is 147 g/mol. The second-order valence-electron chi connectivity index (χ2n) is 2.16. The summed E-state index contributed by atoms with van der Waals surface area (Å²) in [6, 6.07) is 2.06. The van der Waals surface area contributed by atoms with Crippen molar-refractivity contribution >= 4 is 0 Å². The van der Waals surface area contributed by atoms with E-state index in [0.717, 1.165) is 12.8 Å². The lowest BCUT2D eigenvalue weighted by Gasteiger charge is -1.84. The third-order valence-electron chi connectivity index (χ3n) is 1.18. The Morgan fingerprint density at radius 3 is 2.82 bits per heavy atom. The molecule has 0 fully saturated rings. The number of unbranched alkanes of at least 4 members (excludes halogenated alkanes) is 1. The van der Waals surface area contributed by atoms with Gasteiger partial charge in [0.1, 0.15) is 0 Å². The van der Waals surface area contributed by atoms with E-state index >= 15 is 0 Å². The van der Waals surface area contributed by atoms with Crippen LogP contribution in [0.25, 0.3) is 0 Å². The van der Waals surface area contributed by atoms with Crippen LogP contribution < -0.4 is 0 Å². The summed E-state index contributed by atoms with van der Waals surface area (Å²) in [6.07, 6.45) is 9.28. The minimum Gasteiger partial charge on any atom is -0.192 e. The Morgan fingerprint density at radius 2 is 2.36 bits per heavy atom. The van der Waals surface area contributed by atoms with Crippen LogP contribution >= 0.6 is 0 Å². The minimum atomic E-state index is 0.661. The molecule has 0 saturated heterocycles. The lowest BCUT2D eigenvalue weighted by molar-refractivity contribution is 0.958. The fourth-order valence-corrected chi connectivity index (χ4v) is 0.634. The van der Waals surface area contributed by atoms with E-state index in [2.05, 4.69) is 19.6 Å². The quantitative estimate of drug-likeness (QED) is 0.443. The van der Waals surface area contributed by atoms with Gasteiger partial charge in [-0.2, -0.15) is 5.26 Å². The first kappa shape index (κ1) is 9.71. The molecule has 0 atom stereocenters. The van der Waals surface area contributed by atoms with Gasteiger partial charge >= 0.3 is 0 Å². The van der Waals surface area contributed by atoms with Crippen LogP contribution in [0, 0.1) is 11.3 Å². The number of rotatable bonds is 4. The predicted molar refractivity (Wildman–Crippen MR) is 47.9 cm³/mol. The van der Waals surface area contributed by atoms with Gasteiger partial charge in [0, 0.05) is 0 Å². The first-order chi connectivity index (χ1) is 5.35. The summed E-state index contributed by atoms with van der Waals surface area (Å²) in [5, 5.41) is 8.54. The molecule has 0 aromatic carbocycles. The number of nitriles is 1. The number of allylic oxidation sites excluding steroid dienone is 5. The van der Waals surface area contributed by atoms with Crippen molar-refractivity contribution in [1.29, 1.82) is 5.26 Å². The van der Waals surface area contributed by atoms with E-state index in [1.807, 2.05) is 12.2 Å². The molecule has 0 heterocycles. The standard InChI is InChI=1S/C10H13N/c1-3-5-6-8-10(9-11)7-4-2/h4,6-8H,2-3,5H2,1H3/b8-6-,10-7+. The Morgan fingerprint density at radius 1 is 1.64 bits per heavy atom. The molecule has 0 rings (SSSR count). The van der Waals surface area contributed by atoms with E-state index in [0.29, 0.717) is 5.57 Å². The van der Waals surface area contributed by atoms with E-state index < -0.39 is 0 Å². The zero-order valence-corrected chi connectivity index (χ0v) is 6.88. The summed E-state index contributed by atoms with van der Waals surface area (Å²) in [4.78, 5) is 0. The Bertz CT molecular complexity index is 203. The summed E-state index contributed by atoms with van der Waals surface area (Å²) in [6.45, 7) is 5.62. The molecule has 0 N–H and O–H groups in total. The van der Waals surface area contributed by atoms with E-state index in [9.17, 15) is 0 Å². The topological polar surface area (TPSA) is 23.8 Å². The maximum absolute atomic E-state index is 8.54. The largest absolute Gasteiger partial charge is 0.192 e. The molecule has 0 aliphatic heterocycles. The highest BCUT2D eigenvalue weighted by Gasteiger charge is 1.83. The zero-order chi connectivity index (χ0) is 8.53. The van der Waals surface area contributed by atoms with Gasteiger partial charge < -0.3 is 0 Å². The Hall–Kier alpha value is -1.29. The molecule has 0 aromatic heterocycles. The highest BCUT2D eigenvalue weighted by Crippen LogP contribution is 1.97. The monoisotopic (exact) mass is 147 g/mol. The summed E-state index contributed by atoms with van der Waals surface area (Å²) in [5.41, 5.74) is 0.661. The molecular weight excluding hydrogens is 134 g/mol. The lowest BCUT2D eigenvalue weighted by Crippen LogP contribution is -1.69. The van der Waals surface area contributed by atoms with Crippen molar-refractivity contribution in [2.24, 2.45) is 0 Å². The van der Waals surface area contributed by atoms with Gasteiger partial charge in [0.25, 0.3) is 0 Å². The molecule has 0 unspecified atom stereocenters. The van der Waals surface area contributed by atoms with Crippen LogP contribution in [0.2, 0.25) is 0 Å². The van der Waals surface area contributed by atoms with Crippen molar-refractivity contribution in [2.45, 2.75) is 19.8 Å². The normalized spacial score (nSPS) is 11.5. The number of hydrogen-bond acceptors (Lipinski definition) is 1. The van der Waals surface area contributed by atoms with Gasteiger partial charge in [0.05, 0.1) is 11.6 Å². The summed E-state index contributed by atoms with van der Waals surface area (Å²) < 4.78 is 0. The third kappa shape index (κ3) is 5.17. The van der Waals surface area contributed by atoms with Crippen LogP contribution in [0.1, 0.15) is 19.8 Å². The molecule has 1 nitrogen and oxygen atoms in total. The Kier molecular flexibility index (Phi) is 6.02. The van der Waals surface area contributed by atoms with Crippen molar-refractivity contribution < 1.29 is 0 Å². The first-order valence-electron chi connectivity index (χ1n) is 3.74. The molecule has 58 valence electrons. The van der Waals surface area contributed by atoms with Crippen molar-refractivity contribution in [1.82, 2.24) is 0 Å². The molecule has 0 amide bonds. The molecule has 0 aliphatic carbocycles. The van der Waals surface area contributed by atoms with Crippen LogP contribution in [-0.4, -0.2) is 0 Å². The van der Waals surface area contributed by atoms with E-state index in [1.165, 1.54) is 0 Å². The molecule has 11 heavy (non-hydrogen) atoms. The van der Waals surface area contributed by atoms with E-state index in [4.69, 9.17) is 5.26 Å². The van der Waals surface area contributed by atoms with Gasteiger partial charge in [-0.05, 0) is 18.6 Å². The molecule has 0 bridgehead atoms. The second kappa shape index (κ2) is 6.82. The third-order valence-corrected chi connectivity index (χ3v) is 1.18. The molecule has 0 aromatic rings. The highest BCUT2D eigenvalue weighted by molar-refractivity contribution is 5.35. The van der Waals surface area contributed by atoms with Crippen LogP contribution in [0.15, 0.2) is 36.5 Å². The Balaban J connectivity index is 4.00. The van der Waals surface area contributed by atoms with Crippen LogP contribution in [0.3, 0.4) is 0 Å². The first-order valence-corrected chi connectivity index (χ1v) is 3.74. The summed E-state index contributed by atoms with van der Waals surface area (Å²) in [5.74, 6) is 0. The summed E-state index contributed by atoms with van der Waals surface area (Å²) >= 11 is 0. The van der Waals surface area contributed by atoms with Gasteiger partial charge in [-0.3, -0.25) is 0 Å². The van der Waals surface area contributed by atoms with Crippen molar-refractivity contribution in [3.63, 3.8) is 0 Å². The van der Waals surface area contributed by atoms with Crippen molar-refractivity contribution in [3.8, 4) is 6.07 Å². The molecule has 1 heteroatoms. The van der Waals surface area contributed by atoms with Gasteiger partial charge in [0.2, 0.25) is 0 Å².